The maximum absolute atomic E-state index is 13.6. The Morgan fingerprint density at radius 1 is 1.00 bits per heavy atom. The summed E-state index contributed by atoms with van der Waals surface area (Å²) in [7, 11) is 0. The zero-order chi connectivity index (χ0) is 14.8. The highest BCUT2D eigenvalue weighted by atomic mass is 19.1. The Bertz CT molecular complexity index is 627. The van der Waals surface area contributed by atoms with Crippen LogP contribution in [0.3, 0.4) is 0 Å². The number of carbonyl (C=O) groups is 1. The van der Waals surface area contributed by atoms with Crippen molar-refractivity contribution in [1.82, 2.24) is 0 Å². The second-order valence-corrected chi connectivity index (χ2v) is 5.62. The lowest BCUT2D eigenvalue weighted by Gasteiger charge is -2.22. The zero-order valence-electron chi connectivity index (χ0n) is 11.8. The summed E-state index contributed by atoms with van der Waals surface area (Å²) in [6.45, 7) is 6.21. The van der Waals surface area contributed by atoms with Crippen LogP contribution >= 0.6 is 0 Å². The van der Waals surface area contributed by atoms with E-state index >= 15 is 0 Å². The van der Waals surface area contributed by atoms with Gasteiger partial charge in [-0.3, -0.25) is 4.79 Å². The monoisotopic (exact) mass is 272 g/mol. The summed E-state index contributed by atoms with van der Waals surface area (Å²) in [4.78, 5) is 11.0. The van der Waals surface area contributed by atoms with Crippen LogP contribution in [0, 0.1) is 5.82 Å². The van der Waals surface area contributed by atoms with Crippen molar-refractivity contribution >= 4 is 6.29 Å². The average Bonchev–Trinajstić information content (AvgIpc) is 2.38. The third-order valence-electron chi connectivity index (χ3n) is 3.05. The van der Waals surface area contributed by atoms with Gasteiger partial charge >= 0.3 is 0 Å². The minimum absolute atomic E-state index is 0.0591. The molecule has 20 heavy (non-hydrogen) atoms. The first-order valence-corrected chi connectivity index (χ1v) is 6.44. The molecular formula is C17H17FO2. The Morgan fingerprint density at radius 3 is 2.30 bits per heavy atom. The molecule has 2 aromatic rings. The summed E-state index contributed by atoms with van der Waals surface area (Å²) >= 11 is 0. The predicted octanol–water partition coefficient (Wildman–Crippen LogP) is 4.73. The molecule has 0 aliphatic heterocycles. The van der Waals surface area contributed by atoms with Gasteiger partial charge in [-0.1, -0.05) is 45.0 Å². The number of ether oxygens (including phenoxy) is 1. The fourth-order valence-corrected chi connectivity index (χ4v) is 2.01. The summed E-state index contributed by atoms with van der Waals surface area (Å²) < 4.78 is 19.3. The van der Waals surface area contributed by atoms with Crippen LogP contribution in [0.2, 0.25) is 0 Å². The summed E-state index contributed by atoms with van der Waals surface area (Å²) in [6, 6.07) is 11.9. The molecule has 0 amide bonds. The number of carbonyl (C=O) groups excluding carboxylic acids is 1. The van der Waals surface area contributed by atoms with Crippen molar-refractivity contribution in [2.24, 2.45) is 0 Å². The molecule has 2 aromatic carbocycles. The van der Waals surface area contributed by atoms with E-state index in [4.69, 9.17) is 4.74 Å². The quantitative estimate of drug-likeness (QED) is 0.755. The number of aldehydes is 1. The van der Waals surface area contributed by atoms with Gasteiger partial charge in [0, 0.05) is 5.56 Å². The summed E-state index contributed by atoms with van der Waals surface area (Å²) in [5.41, 5.74) is 0.836. The molecule has 0 spiro atoms. The van der Waals surface area contributed by atoms with E-state index in [-0.39, 0.29) is 16.7 Å². The Labute approximate surface area is 118 Å². The maximum Gasteiger partial charge on any atom is 0.156 e. The van der Waals surface area contributed by atoms with Gasteiger partial charge in [-0.25, -0.2) is 4.39 Å². The maximum atomic E-state index is 13.6. The van der Waals surface area contributed by atoms with Crippen LogP contribution in [0.4, 0.5) is 4.39 Å². The standard InChI is InChI=1S/C17H17FO2/c1-17(2,3)13-7-4-5-9-16(13)20-15-10-6-8-14(18)12(15)11-19/h4-11H,1-3H3. The Morgan fingerprint density at radius 2 is 1.65 bits per heavy atom. The SMILES string of the molecule is CC(C)(C)c1ccccc1Oc1cccc(F)c1C=O. The van der Waals surface area contributed by atoms with Crippen LogP contribution in [0.25, 0.3) is 0 Å². The highest BCUT2D eigenvalue weighted by molar-refractivity contribution is 5.79. The average molecular weight is 272 g/mol. The van der Waals surface area contributed by atoms with Crippen LogP contribution in [0.15, 0.2) is 42.5 Å². The minimum atomic E-state index is -0.578. The molecule has 2 rings (SSSR count). The molecule has 0 saturated carbocycles. The molecule has 0 bridgehead atoms. The van der Waals surface area contributed by atoms with E-state index in [0.717, 1.165) is 5.56 Å². The van der Waals surface area contributed by atoms with Crippen molar-refractivity contribution in [3.63, 3.8) is 0 Å². The number of hydrogen-bond donors (Lipinski definition) is 0. The Balaban J connectivity index is 2.46. The normalized spacial score (nSPS) is 11.2. The van der Waals surface area contributed by atoms with Gasteiger partial charge in [0.05, 0.1) is 5.56 Å². The van der Waals surface area contributed by atoms with E-state index in [9.17, 15) is 9.18 Å². The van der Waals surface area contributed by atoms with Crippen LogP contribution in [0.1, 0.15) is 36.7 Å². The molecule has 3 heteroatoms. The summed E-state index contributed by atoms with van der Waals surface area (Å²) in [6.07, 6.45) is 0.477. The lowest BCUT2D eigenvalue weighted by molar-refractivity contribution is 0.111. The lowest BCUT2D eigenvalue weighted by atomic mass is 9.86. The van der Waals surface area contributed by atoms with Crippen molar-refractivity contribution in [2.45, 2.75) is 26.2 Å². The molecule has 104 valence electrons. The van der Waals surface area contributed by atoms with Gasteiger partial charge in [-0.2, -0.15) is 0 Å². The van der Waals surface area contributed by atoms with Crippen molar-refractivity contribution < 1.29 is 13.9 Å². The van der Waals surface area contributed by atoms with Crippen LogP contribution < -0.4 is 4.74 Å². The van der Waals surface area contributed by atoms with Gasteiger partial charge in [0.25, 0.3) is 0 Å². The van der Waals surface area contributed by atoms with Gasteiger partial charge in [0.15, 0.2) is 6.29 Å². The molecule has 0 aliphatic carbocycles. The molecular weight excluding hydrogens is 255 g/mol. The number of para-hydroxylation sites is 1. The van der Waals surface area contributed by atoms with Crippen molar-refractivity contribution in [1.29, 1.82) is 0 Å². The van der Waals surface area contributed by atoms with E-state index in [1.54, 1.807) is 6.07 Å². The zero-order valence-corrected chi connectivity index (χ0v) is 11.8. The molecule has 0 radical (unpaired) electrons. The van der Waals surface area contributed by atoms with E-state index in [1.807, 2.05) is 24.3 Å². The molecule has 0 fully saturated rings. The Hall–Kier alpha value is -2.16. The molecule has 2 nitrogen and oxygen atoms in total. The van der Waals surface area contributed by atoms with E-state index in [0.29, 0.717) is 12.0 Å². The molecule has 0 N–H and O–H groups in total. The highest BCUT2D eigenvalue weighted by Gasteiger charge is 2.19. The first-order chi connectivity index (χ1) is 9.43. The number of hydrogen-bond acceptors (Lipinski definition) is 2. The summed E-state index contributed by atoms with van der Waals surface area (Å²) in [5, 5.41) is 0. The van der Waals surface area contributed by atoms with Crippen LogP contribution in [0.5, 0.6) is 11.5 Å². The number of benzene rings is 2. The molecule has 0 atom stereocenters. The molecule has 0 unspecified atom stereocenters. The largest absolute Gasteiger partial charge is 0.456 e. The van der Waals surface area contributed by atoms with Crippen molar-refractivity contribution in [3.8, 4) is 11.5 Å². The van der Waals surface area contributed by atoms with Crippen molar-refractivity contribution in [2.75, 3.05) is 0 Å². The van der Waals surface area contributed by atoms with Gasteiger partial charge in [-0.15, -0.1) is 0 Å². The Kier molecular flexibility index (Phi) is 3.89. The van der Waals surface area contributed by atoms with Gasteiger partial charge < -0.3 is 4.74 Å². The highest BCUT2D eigenvalue weighted by Crippen LogP contribution is 2.35. The summed E-state index contributed by atoms with van der Waals surface area (Å²) in [5.74, 6) is 0.288. The smallest absolute Gasteiger partial charge is 0.156 e. The van der Waals surface area contributed by atoms with E-state index in [2.05, 4.69) is 20.8 Å². The topological polar surface area (TPSA) is 26.3 Å². The number of rotatable bonds is 3. The fourth-order valence-electron chi connectivity index (χ4n) is 2.01. The van der Waals surface area contributed by atoms with Gasteiger partial charge in [0.2, 0.25) is 0 Å². The van der Waals surface area contributed by atoms with E-state index < -0.39 is 5.82 Å². The lowest BCUT2D eigenvalue weighted by Crippen LogP contribution is -2.12. The third-order valence-corrected chi connectivity index (χ3v) is 3.05. The third kappa shape index (κ3) is 2.87. The minimum Gasteiger partial charge on any atom is -0.456 e. The second-order valence-electron chi connectivity index (χ2n) is 5.62. The van der Waals surface area contributed by atoms with Crippen LogP contribution in [-0.4, -0.2) is 6.29 Å². The number of halogens is 1. The van der Waals surface area contributed by atoms with Crippen LogP contribution in [-0.2, 0) is 5.41 Å². The second kappa shape index (κ2) is 5.45. The molecule has 0 aliphatic rings. The first-order valence-electron chi connectivity index (χ1n) is 6.44. The molecule has 0 heterocycles. The fraction of sp³-hybridized carbons (Fsp3) is 0.235. The van der Waals surface area contributed by atoms with Gasteiger partial charge in [-0.05, 0) is 23.6 Å². The van der Waals surface area contributed by atoms with Crippen molar-refractivity contribution in [3.05, 3.63) is 59.4 Å². The first kappa shape index (κ1) is 14.3. The van der Waals surface area contributed by atoms with Gasteiger partial charge in [0.1, 0.15) is 17.3 Å². The predicted molar refractivity (Wildman–Crippen MR) is 77.0 cm³/mol. The molecule has 0 saturated heterocycles. The molecule has 0 aromatic heterocycles. The van der Waals surface area contributed by atoms with E-state index in [1.165, 1.54) is 12.1 Å².